The summed E-state index contributed by atoms with van der Waals surface area (Å²) in [6, 6.07) is 17.9. The standard InChI is InChI=1S/C32H29F2N3O4S.ClH/c1-42(39,40)37-12-10-36(11-13-37)9-4-14-41-26-7-8-27-28(19-26)32(38)31(30(27)22-16-24(33)18-25(34)17-22)23-15-21-5-2-3-6-29(21)35-20-23;/h2-3,5-8,15-20H,4,9-14H2,1H3;1H. The molecular weight excluding hydrogens is 596 g/mol. The molecule has 1 fully saturated rings. The van der Waals surface area contributed by atoms with E-state index in [1.54, 1.807) is 24.4 Å². The van der Waals surface area contributed by atoms with Gasteiger partial charge in [0.25, 0.3) is 0 Å². The molecule has 6 rings (SSSR count). The number of sulfonamides is 1. The second-order valence-electron chi connectivity index (χ2n) is 10.6. The van der Waals surface area contributed by atoms with Gasteiger partial charge in [-0.25, -0.2) is 17.2 Å². The first-order chi connectivity index (χ1) is 20.2. The maximum absolute atomic E-state index is 14.3. The molecule has 0 N–H and O–H groups in total. The lowest BCUT2D eigenvalue weighted by Gasteiger charge is -2.33. The van der Waals surface area contributed by atoms with Gasteiger partial charge in [-0.15, -0.1) is 12.4 Å². The summed E-state index contributed by atoms with van der Waals surface area (Å²) in [6.45, 7) is 3.47. The highest BCUT2D eigenvalue weighted by atomic mass is 35.5. The van der Waals surface area contributed by atoms with Crippen LogP contribution in [0.3, 0.4) is 0 Å². The molecule has 0 radical (unpaired) electrons. The number of aromatic nitrogens is 1. The number of fused-ring (bicyclic) bond motifs is 2. The van der Waals surface area contributed by atoms with Crippen LogP contribution in [0.25, 0.3) is 22.0 Å². The van der Waals surface area contributed by atoms with Gasteiger partial charge in [0.1, 0.15) is 17.4 Å². The van der Waals surface area contributed by atoms with Crippen molar-refractivity contribution in [1.82, 2.24) is 14.2 Å². The number of hydrogen-bond donors (Lipinski definition) is 0. The Bertz CT molecular complexity index is 1820. The number of piperazine rings is 1. The maximum atomic E-state index is 14.3. The summed E-state index contributed by atoms with van der Waals surface area (Å²) in [5, 5.41) is 0.845. The minimum atomic E-state index is -3.17. The molecule has 1 saturated heterocycles. The molecule has 2 heterocycles. The quantitative estimate of drug-likeness (QED) is 0.243. The van der Waals surface area contributed by atoms with Crippen LogP contribution in [0.2, 0.25) is 0 Å². The molecule has 0 spiro atoms. The van der Waals surface area contributed by atoms with Gasteiger partial charge in [0.15, 0.2) is 5.78 Å². The molecule has 224 valence electrons. The number of Topliss-reactive ketones (excluding diaryl/α,β-unsaturated/α-hetero) is 1. The first-order valence-corrected chi connectivity index (χ1v) is 15.6. The van der Waals surface area contributed by atoms with Gasteiger partial charge in [-0.05, 0) is 60.0 Å². The van der Waals surface area contributed by atoms with E-state index in [-0.39, 0.29) is 23.8 Å². The second kappa shape index (κ2) is 12.5. The van der Waals surface area contributed by atoms with Crippen molar-refractivity contribution in [1.29, 1.82) is 0 Å². The molecule has 0 bridgehead atoms. The van der Waals surface area contributed by atoms with Crippen molar-refractivity contribution in [3.8, 4) is 5.75 Å². The van der Waals surface area contributed by atoms with E-state index in [2.05, 4.69) is 9.88 Å². The van der Waals surface area contributed by atoms with Gasteiger partial charge in [0, 0.05) is 72.6 Å². The maximum Gasteiger partial charge on any atom is 0.211 e. The smallest absolute Gasteiger partial charge is 0.211 e. The number of carbonyl (C=O) groups is 1. The minimum Gasteiger partial charge on any atom is -0.494 e. The number of para-hydroxylation sites is 1. The Kier molecular flexibility index (Phi) is 8.94. The van der Waals surface area contributed by atoms with Crippen LogP contribution in [0.5, 0.6) is 5.75 Å². The summed E-state index contributed by atoms with van der Waals surface area (Å²) in [5.74, 6) is -1.21. The number of allylic oxidation sites excluding steroid dienone is 1. The zero-order valence-electron chi connectivity index (χ0n) is 23.4. The van der Waals surface area contributed by atoms with E-state index in [1.165, 1.54) is 22.7 Å². The molecule has 0 saturated carbocycles. The third-order valence-electron chi connectivity index (χ3n) is 7.70. The third kappa shape index (κ3) is 6.47. The molecule has 4 aromatic rings. The molecule has 0 atom stereocenters. The summed E-state index contributed by atoms with van der Waals surface area (Å²) in [6.07, 6.45) is 3.57. The van der Waals surface area contributed by atoms with Crippen LogP contribution in [0.15, 0.2) is 72.9 Å². The van der Waals surface area contributed by atoms with E-state index in [9.17, 15) is 22.0 Å². The molecular formula is C32H30ClF2N3O4S. The molecule has 3 aromatic carbocycles. The van der Waals surface area contributed by atoms with Crippen LogP contribution in [0.1, 0.15) is 33.5 Å². The van der Waals surface area contributed by atoms with Gasteiger partial charge >= 0.3 is 0 Å². The lowest BCUT2D eigenvalue weighted by atomic mass is 9.94. The van der Waals surface area contributed by atoms with Crippen molar-refractivity contribution in [2.75, 3.05) is 45.6 Å². The summed E-state index contributed by atoms with van der Waals surface area (Å²) < 4.78 is 59.6. The van der Waals surface area contributed by atoms with E-state index in [4.69, 9.17) is 4.74 Å². The Balaban J connectivity index is 0.00000368. The van der Waals surface area contributed by atoms with E-state index in [0.717, 1.165) is 29.9 Å². The van der Waals surface area contributed by atoms with Crippen molar-refractivity contribution in [2.24, 2.45) is 0 Å². The predicted molar refractivity (Wildman–Crippen MR) is 165 cm³/mol. The number of carbonyl (C=O) groups excluding carboxylic acids is 1. The molecule has 1 aliphatic heterocycles. The van der Waals surface area contributed by atoms with Crippen molar-refractivity contribution >= 4 is 50.3 Å². The Morgan fingerprint density at radius 2 is 1.58 bits per heavy atom. The van der Waals surface area contributed by atoms with E-state index in [0.29, 0.717) is 66.4 Å². The number of hydrogen-bond acceptors (Lipinski definition) is 6. The lowest BCUT2D eigenvalue weighted by molar-refractivity contribution is 0.105. The van der Waals surface area contributed by atoms with Crippen LogP contribution in [-0.2, 0) is 10.0 Å². The molecule has 7 nitrogen and oxygen atoms in total. The van der Waals surface area contributed by atoms with Crippen LogP contribution in [0, 0.1) is 11.6 Å². The number of ether oxygens (including phenoxy) is 1. The van der Waals surface area contributed by atoms with Gasteiger partial charge in [0.05, 0.1) is 18.4 Å². The average Bonchev–Trinajstić information content (AvgIpc) is 3.26. The van der Waals surface area contributed by atoms with Crippen molar-refractivity contribution < 1.29 is 26.7 Å². The SMILES string of the molecule is CS(=O)(=O)N1CCN(CCCOc2ccc3c(c2)C(=O)C(c2cnc4ccccc4c2)=C3c2cc(F)cc(F)c2)CC1.Cl. The minimum absolute atomic E-state index is 0. The number of pyridine rings is 1. The number of ketones is 1. The summed E-state index contributed by atoms with van der Waals surface area (Å²) in [5.41, 5.74) is 3.36. The van der Waals surface area contributed by atoms with Gasteiger partial charge in [-0.2, -0.15) is 4.31 Å². The monoisotopic (exact) mass is 625 g/mol. The highest BCUT2D eigenvalue weighted by molar-refractivity contribution is 7.88. The zero-order chi connectivity index (χ0) is 29.4. The summed E-state index contributed by atoms with van der Waals surface area (Å²) in [4.78, 5) is 20.6. The largest absolute Gasteiger partial charge is 0.494 e. The van der Waals surface area contributed by atoms with Crippen LogP contribution in [-0.4, -0.2) is 74.0 Å². The highest BCUT2D eigenvalue weighted by Gasteiger charge is 2.33. The van der Waals surface area contributed by atoms with Gasteiger partial charge in [0.2, 0.25) is 10.0 Å². The molecule has 0 unspecified atom stereocenters. The predicted octanol–water partition coefficient (Wildman–Crippen LogP) is 5.44. The Hall–Kier alpha value is -3.70. The van der Waals surface area contributed by atoms with Crippen molar-refractivity contribution in [3.63, 3.8) is 0 Å². The van der Waals surface area contributed by atoms with Crippen LogP contribution in [0.4, 0.5) is 8.78 Å². The lowest BCUT2D eigenvalue weighted by Crippen LogP contribution is -2.48. The van der Waals surface area contributed by atoms with E-state index in [1.807, 2.05) is 30.3 Å². The summed E-state index contributed by atoms with van der Waals surface area (Å²) >= 11 is 0. The number of benzene rings is 3. The third-order valence-corrected chi connectivity index (χ3v) is 9.00. The molecule has 1 aromatic heterocycles. The normalized spacial score (nSPS) is 15.9. The molecule has 2 aliphatic rings. The number of halogens is 3. The molecule has 43 heavy (non-hydrogen) atoms. The Labute approximate surface area is 255 Å². The number of nitrogens with zero attached hydrogens (tertiary/aromatic N) is 3. The zero-order valence-corrected chi connectivity index (χ0v) is 25.1. The van der Waals surface area contributed by atoms with Crippen LogP contribution < -0.4 is 4.74 Å². The summed E-state index contributed by atoms with van der Waals surface area (Å²) in [7, 11) is -3.17. The Morgan fingerprint density at radius 1 is 0.860 bits per heavy atom. The fourth-order valence-electron chi connectivity index (χ4n) is 5.65. The molecule has 0 amide bonds. The first kappa shape index (κ1) is 30.7. The Morgan fingerprint density at radius 3 is 2.30 bits per heavy atom. The highest BCUT2D eigenvalue weighted by Crippen LogP contribution is 2.44. The number of rotatable bonds is 8. The van der Waals surface area contributed by atoms with Crippen molar-refractivity contribution in [2.45, 2.75) is 6.42 Å². The fourth-order valence-corrected chi connectivity index (χ4v) is 6.47. The average molecular weight is 626 g/mol. The van der Waals surface area contributed by atoms with Gasteiger partial charge in [-0.1, -0.05) is 18.2 Å². The second-order valence-corrected chi connectivity index (χ2v) is 12.5. The topological polar surface area (TPSA) is 79.8 Å². The molecule has 11 heteroatoms. The van der Waals surface area contributed by atoms with Gasteiger partial charge in [-0.3, -0.25) is 9.78 Å². The molecule has 1 aliphatic carbocycles. The fraction of sp³-hybridized carbons (Fsp3) is 0.250. The van der Waals surface area contributed by atoms with Crippen molar-refractivity contribution in [3.05, 3.63) is 107 Å². The van der Waals surface area contributed by atoms with E-state index >= 15 is 0 Å². The first-order valence-electron chi connectivity index (χ1n) is 13.7. The van der Waals surface area contributed by atoms with E-state index < -0.39 is 21.7 Å². The van der Waals surface area contributed by atoms with Crippen LogP contribution >= 0.6 is 12.4 Å². The van der Waals surface area contributed by atoms with Gasteiger partial charge < -0.3 is 9.64 Å².